The van der Waals surface area contributed by atoms with Crippen molar-refractivity contribution in [2.45, 2.75) is 17.2 Å². The molecule has 0 aliphatic carbocycles. The summed E-state index contributed by atoms with van der Waals surface area (Å²) in [6.45, 7) is 2.67. The summed E-state index contributed by atoms with van der Waals surface area (Å²) in [4.78, 5) is 25.1. The van der Waals surface area contributed by atoms with Gasteiger partial charge in [0.05, 0.1) is 0 Å². The number of hydrogen-bond acceptors (Lipinski definition) is 9. The fourth-order valence-corrected chi connectivity index (χ4v) is 2.11. The molecular formula is C11H11N9S. The van der Waals surface area contributed by atoms with Crippen molar-refractivity contribution in [3.8, 4) is 5.95 Å². The number of rotatable bonds is 5. The van der Waals surface area contributed by atoms with Crippen LogP contribution in [0.25, 0.3) is 5.95 Å². The Hall–Kier alpha value is -2.62. The summed E-state index contributed by atoms with van der Waals surface area (Å²) in [6.07, 6.45) is 6.28. The van der Waals surface area contributed by atoms with Crippen LogP contribution >= 0.6 is 11.8 Å². The highest BCUT2D eigenvalue weighted by Crippen LogP contribution is 2.21. The van der Waals surface area contributed by atoms with Crippen LogP contribution in [0.2, 0.25) is 0 Å². The minimum atomic E-state index is 0.386. The lowest BCUT2D eigenvalue weighted by molar-refractivity contribution is 0.757. The summed E-state index contributed by atoms with van der Waals surface area (Å²) in [6, 6.07) is 1.75. The Labute approximate surface area is 124 Å². The van der Waals surface area contributed by atoms with Gasteiger partial charge in [-0.2, -0.15) is 24.7 Å². The molecule has 0 atom stereocenters. The summed E-state index contributed by atoms with van der Waals surface area (Å²) >= 11 is 1.25. The van der Waals surface area contributed by atoms with Crippen LogP contribution in [0.15, 0.2) is 41.4 Å². The van der Waals surface area contributed by atoms with Crippen molar-refractivity contribution in [1.82, 2.24) is 39.7 Å². The standard InChI is InChI=1S/C11H11N9S/c1-2-13-8-17-9(20-7-12-6-16-20)19-11(18-8)21-10-14-4-3-5-15-10/h3-7H,2H2,1H3,(H,13,17,18,19). The Morgan fingerprint density at radius 2 is 2.00 bits per heavy atom. The van der Waals surface area contributed by atoms with E-state index in [4.69, 9.17) is 0 Å². The Balaban J connectivity index is 1.95. The second-order valence-corrected chi connectivity index (χ2v) is 4.68. The van der Waals surface area contributed by atoms with E-state index in [1.165, 1.54) is 29.1 Å². The third-order valence-corrected chi connectivity index (χ3v) is 3.04. The summed E-state index contributed by atoms with van der Waals surface area (Å²) in [7, 11) is 0. The molecule has 21 heavy (non-hydrogen) atoms. The van der Waals surface area contributed by atoms with E-state index in [9.17, 15) is 0 Å². The lowest BCUT2D eigenvalue weighted by Gasteiger charge is -2.06. The van der Waals surface area contributed by atoms with Crippen molar-refractivity contribution in [3.63, 3.8) is 0 Å². The van der Waals surface area contributed by atoms with Crippen molar-refractivity contribution in [2.24, 2.45) is 0 Å². The molecule has 0 amide bonds. The van der Waals surface area contributed by atoms with Crippen molar-refractivity contribution in [2.75, 3.05) is 11.9 Å². The van der Waals surface area contributed by atoms with Crippen LogP contribution < -0.4 is 5.32 Å². The van der Waals surface area contributed by atoms with Crippen LogP contribution in [0.5, 0.6) is 0 Å². The molecule has 0 saturated heterocycles. The minimum absolute atomic E-state index is 0.386. The SMILES string of the molecule is CCNc1nc(Sc2ncccn2)nc(-n2cncn2)n1. The molecule has 106 valence electrons. The van der Waals surface area contributed by atoms with Gasteiger partial charge < -0.3 is 5.32 Å². The molecule has 3 heterocycles. The highest BCUT2D eigenvalue weighted by atomic mass is 32.2. The molecule has 3 rings (SSSR count). The number of aromatic nitrogens is 8. The summed E-state index contributed by atoms with van der Waals surface area (Å²) in [5.74, 6) is 0.855. The van der Waals surface area contributed by atoms with Gasteiger partial charge in [0.2, 0.25) is 11.1 Å². The highest BCUT2D eigenvalue weighted by molar-refractivity contribution is 7.99. The summed E-state index contributed by atoms with van der Waals surface area (Å²) in [5, 5.41) is 8.13. The van der Waals surface area contributed by atoms with Gasteiger partial charge in [0.1, 0.15) is 12.7 Å². The molecule has 0 unspecified atom stereocenters. The molecule has 0 aliphatic heterocycles. The van der Waals surface area contributed by atoms with Gasteiger partial charge in [0.25, 0.3) is 5.95 Å². The van der Waals surface area contributed by atoms with E-state index >= 15 is 0 Å². The van der Waals surface area contributed by atoms with Crippen LogP contribution in [-0.2, 0) is 0 Å². The zero-order valence-corrected chi connectivity index (χ0v) is 11.9. The Morgan fingerprint density at radius 3 is 2.71 bits per heavy atom. The van der Waals surface area contributed by atoms with Crippen LogP contribution in [0, 0.1) is 0 Å². The first-order chi connectivity index (χ1) is 10.3. The number of hydrogen-bond donors (Lipinski definition) is 1. The van der Waals surface area contributed by atoms with Gasteiger partial charge in [0, 0.05) is 18.9 Å². The molecule has 3 aromatic heterocycles. The zero-order valence-electron chi connectivity index (χ0n) is 11.1. The van der Waals surface area contributed by atoms with E-state index in [-0.39, 0.29) is 0 Å². The molecule has 1 N–H and O–H groups in total. The summed E-state index contributed by atoms with van der Waals surface area (Å²) in [5.41, 5.74) is 0. The number of nitrogens with zero attached hydrogens (tertiary/aromatic N) is 8. The lowest BCUT2D eigenvalue weighted by atomic mass is 10.7. The molecule has 10 heteroatoms. The van der Waals surface area contributed by atoms with E-state index in [0.29, 0.717) is 28.8 Å². The number of anilines is 1. The molecule has 0 radical (unpaired) electrons. The van der Waals surface area contributed by atoms with Gasteiger partial charge in [-0.25, -0.2) is 15.0 Å². The van der Waals surface area contributed by atoms with Gasteiger partial charge in [0.15, 0.2) is 5.16 Å². The molecule has 0 spiro atoms. The maximum atomic E-state index is 4.33. The monoisotopic (exact) mass is 301 g/mol. The third-order valence-electron chi connectivity index (χ3n) is 2.29. The highest BCUT2D eigenvalue weighted by Gasteiger charge is 2.10. The molecule has 0 saturated carbocycles. The lowest BCUT2D eigenvalue weighted by Crippen LogP contribution is -2.10. The topological polar surface area (TPSA) is 107 Å². The first-order valence-corrected chi connectivity index (χ1v) is 6.96. The maximum absolute atomic E-state index is 4.33. The predicted molar refractivity (Wildman–Crippen MR) is 75.1 cm³/mol. The molecule has 0 aromatic carbocycles. The first kappa shape index (κ1) is 13.4. The quantitative estimate of drug-likeness (QED) is 0.685. The normalized spacial score (nSPS) is 10.5. The third kappa shape index (κ3) is 3.28. The molecular weight excluding hydrogens is 290 g/mol. The van der Waals surface area contributed by atoms with E-state index in [1.54, 1.807) is 18.5 Å². The Kier molecular flexibility index (Phi) is 3.96. The van der Waals surface area contributed by atoms with Crippen molar-refractivity contribution < 1.29 is 0 Å². The fourth-order valence-electron chi connectivity index (χ4n) is 1.46. The fraction of sp³-hybridized carbons (Fsp3) is 0.182. The molecule has 9 nitrogen and oxygen atoms in total. The molecule has 0 fully saturated rings. The largest absolute Gasteiger partial charge is 0.354 e. The first-order valence-electron chi connectivity index (χ1n) is 6.15. The van der Waals surface area contributed by atoms with Crippen LogP contribution in [-0.4, -0.2) is 46.2 Å². The van der Waals surface area contributed by atoms with E-state index in [0.717, 1.165) is 0 Å². The van der Waals surface area contributed by atoms with Gasteiger partial charge in [-0.3, -0.25) is 0 Å². The zero-order chi connectivity index (χ0) is 14.5. The average molecular weight is 301 g/mol. The van der Waals surface area contributed by atoms with Crippen LogP contribution in [0.4, 0.5) is 5.95 Å². The Bertz CT molecular complexity index is 701. The minimum Gasteiger partial charge on any atom is -0.354 e. The maximum Gasteiger partial charge on any atom is 0.257 e. The van der Waals surface area contributed by atoms with Crippen molar-refractivity contribution in [3.05, 3.63) is 31.1 Å². The number of nitrogens with one attached hydrogen (secondary N) is 1. The van der Waals surface area contributed by atoms with Gasteiger partial charge in [-0.1, -0.05) is 0 Å². The second-order valence-electron chi connectivity index (χ2n) is 3.75. The molecule has 0 bridgehead atoms. The second kappa shape index (κ2) is 6.22. The van der Waals surface area contributed by atoms with Crippen LogP contribution in [0.3, 0.4) is 0 Å². The predicted octanol–water partition coefficient (Wildman–Crippen LogP) is 0.825. The molecule has 3 aromatic rings. The smallest absolute Gasteiger partial charge is 0.257 e. The van der Waals surface area contributed by atoms with Crippen LogP contribution in [0.1, 0.15) is 6.92 Å². The van der Waals surface area contributed by atoms with Gasteiger partial charge in [-0.05, 0) is 24.8 Å². The van der Waals surface area contributed by atoms with Gasteiger partial charge in [-0.15, -0.1) is 0 Å². The molecule has 0 aliphatic rings. The van der Waals surface area contributed by atoms with Crippen molar-refractivity contribution >= 4 is 17.7 Å². The Morgan fingerprint density at radius 1 is 1.14 bits per heavy atom. The average Bonchev–Trinajstić information content (AvgIpc) is 3.03. The van der Waals surface area contributed by atoms with Gasteiger partial charge >= 0.3 is 0 Å². The van der Waals surface area contributed by atoms with E-state index in [1.807, 2.05) is 6.92 Å². The van der Waals surface area contributed by atoms with E-state index in [2.05, 4.69) is 40.3 Å². The van der Waals surface area contributed by atoms with E-state index < -0.39 is 0 Å². The van der Waals surface area contributed by atoms with Crippen molar-refractivity contribution in [1.29, 1.82) is 0 Å². The summed E-state index contributed by atoms with van der Waals surface area (Å²) < 4.78 is 1.47.